The minimum absolute atomic E-state index is 0.131. The highest BCUT2D eigenvalue weighted by Gasteiger charge is 2.12. The zero-order valence-corrected chi connectivity index (χ0v) is 14.7. The first-order valence-corrected chi connectivity index (χ1v) is 7.99. The lowest BCUT2D eigenvalue weighted by molar-refractivity contribution is -0.111. The van der Waals surface area contributed by atoms with Gasteiger partial charge in [0.1, 0.15) is 0 Å². The summed E-state index contributed by atoms with van der Waals surface area (Å²) in [6, 6.07) is 13.6. The van der Waals surface area contributed by atoms with Crippen LogP contribution in [0.3, 0.4) is 0 Å². The second-order valence-electron chi connectivity index (χ2n) is 6.65. The van der Waals surface area contributed by atoms with E-state index in [9.17, 15) is 4.79 Å². The fourth-order valence-electron chi connectivity index (χ4n) is 2.21. The van der Waals surface area contributed by atoms with Crippen LogP contribution in [-0.2, 0) is 10.2 Å². The normalized spacial score (nSPS) is 11.7. The van der Waals surface area contributed by atoms with Crippen molar-refractivity contribution >= 4 is 29.3 Å². The van der Waals surface area contributed by atoms with Gasteiger partial charge in [-0.05, 0) is 53.3 Å². The quantitative estimate of drug-likeness (QED) is 0.731. The number of rotatable bonds is 3. The minimum atomic E-state index is -0.157. The van der Waals surface area contributed by atoms with Gasteiger partial charge in [-0.25, -0.2) is 0 Å². The van der Waals surface area contributed by atoms with E-state index in [1.165, 1.54) is 5.56 Å². The van der Waals surface area contributed by atoms with E-state index >= 15 is 0 Å². The maximum Gasteiger partial charge on any atom is 0.248 e. The molecule has 2 aromatic carbocycles. The average Bonchev–Trinajstić information content (AvgIpc) is 2.47. The molecule has 2 aromatic rings. The molecular weight excluding hydrogens is 306 g/mol. The highest BCUT2D eigenvalue weighted by molar-refractivity contribution is 6.30. The average molecular weight is 328 g/mol. The van der Waals surface area contributed by atoms with Crippen LogP contribution in [-0.4, -0.2) is 5.91 Å². The summed E-state index contributed by atoms with van der Waals surface area (Å²) in [5.74, 6) is -0.157. The molecule has 0 bridgehead atoms. The number of hydrogen-bond acceptors (Lipinski definition) is 1. The number of benzene rings is 2. The van der Waals surface area contributed by atoms with E-state index < -0.39 is 0 Å². The second-order valence-corrected chi connectivity index (χ2v) is 7.09. The summed E-state index contributed by atoms with van der Waals surface area (Å²) in [6.07, 6.45) is 3.35. The molecule has 0 atom stereocenters. The van der Waals surface area contributed by atoms with Crippen molar-refractivity contribution in [1.29, 1.82) is 0 Å². The number of carbonyl (C=O) groups excluding carboxylic acids is 1. The summed E-state index contributed by atoms with van der Waals surface area (Å²) in [7, 11) is 0. The van der Waals surface area contributed by atoms with Gasteiger partial charge < -0.3 is 5.32 Å². The molecule has 1 N–H and O–H groups in total. The predicted molar refractivity (Wildman–Crippen MR) is 99.0 cm³/mol. The molecule has 0 radical (unpaired) electrons. The van der Waals surface area contributed by atoms with E-state index in [1.54, 1.807) is 12.1 Å². The fourth-order valence-corrected chi connectivity index (χ4v) is 2.43. The van der Waals surface area contributed by atoms with Gasteiger partial charge in [-0.2, -0.15) is 0 Å². The van der Waals surface area contributed by atoms with Crippen molar-refractivity contribution < 1.29 is 4.79 Å². The lowest BCUT2D eigenvalue weighted by Crippen LogP contribution is -2.10. The summed E-state index contributed by atoms with van der Waals surface area (Å²) < 4.78 is 0. The Morgan fingerprint density at radius 1 is 1.09 bits per heavy atom. The van der Waals surface area contributed by atoms with Gasteiger partial charge >= 0.3 is 0 Å². The monoisotopic (exact) mass is 327 g/mol. The van der Waals surface area contributed by atoms with Crippen molar-refractivity contribution in [2.75, 3.05) is 5.32 Å². The van der Waals surface area contributed by atoms with Gasteiger partial charge in [-0.1, -0.05) is 56.6 Å². The lowest BCUT2D eigenvalue weighted by Gasteiger charge is -2.18. The minimum Gasteiger partial charge on any atom is -0.322 e. The Bertz CT molecular complexity index is 724. The zero-order valence-electron chi connectivity index (χ0n) is 14.0. The topological polar surface area (TPSA) is 29.1 Å². The Hall–Kier alpha value is -2.06. The molecule has 0 saturated carbocycles. The van der Waals surface area contributed by atoms with Crippen molar-refractivity contribution in [3.63, 3.8) is 0 Å². The predicted octanol–water partition coefficient (Wildman–Crippen LogP) is 5.60. The molecule has 0 unspecified atom stereocenters. The summed E-state index contributed by atoms with van der Waals surface area (Å²) in [6.45, 7) is 8.45. The number of aryl methyl sites for hydroxylation is 1. The van der Waals surface area contributed by atoms with Gasteiger partial charge in [-0.15, -0.1) is 0 Å². The van der Waals surface area contributed by atoms with Crippen LogP contribution in [0.5, 0.6) is 0 Å². The van der Waals surface area contributed by atoms with Gasteiger partial charge in [0.2, 0.25) is 5.91 Å². The molecule has 0 aliphatic heterocycles. The van der Waals surface area contributed by atoms with Gasteiger partial charge in [0.05, 0.1) is 0 Å². The Labute approximate surface area is 143 Å². The van der Waals surface area contributed by atoms with Gasteiger partial charge in [0.15, 0.2) is 0 Å². The fraction of sp³-hybridized carbons (Fsp3) is 0.250. The standard InChI is InChI=1S/C20H22ClNO/c1-14-13-17(21)10-11-18(14)22-19(23)12-7-15-5-8-16(9-6-15)20(2,3)4/h5-13H,1-4H3,(H,22,23). The largest absolute Gasteiger partial charge is 0.322 e. The van der Waals surface area contributed by atoms with Crippen LogP contribution in [0.2, 0.25) is 5.02 Å². The summed E-state index contributed by atoms with van der Waals surface area (Å²) in [4.78, 5) is 12.0. The van der Waals surface area contributed by atoms with E-state index in [0.717, 1.165) is 16.8 Å². The molecule has 0 aliphatic rings. The maximum atomic E-state index is 12.0. The molecule has 0 saturated heterocycles. The molecule has 120 valence electrons. The number of nitrogens with one attached hydrogen (secondary N) is 1. The summed E-state index contributed by atoms with van der Waals surface area (Å²) >= 11 is 5.91. The van der Waals surface area contributed by atoms with Gasteiger partial charge in [-0.3, -0.25) is 4.79 Å². The third-order valence-electron chi connectivity index (χ3n) is 3.65. The number of amides is 1. The Morgan fingerprint density at radius 3 is 2.30 bits per heavy atom. The number of halogens is 1. The van der Waals surface area contributed by atoms with E-state index in [1.807, 2.05) is 37.3 Å². The van der Waals surface area contributed by atoms with Crippen LogP contribution in [0.1, 0.15) is 37.5 Å². The van der Waals surface area contributed by atoms with Crippen molar-refractivity contribution in [1.82, 2.24) is 0 Å². The van der Waals surface area contributed by atoms with Gasteiger partial charge in [0, 0.05) is 16.8 Å². The van der Waals surface area contributed by atoms with E-state index in [4.69, 9.17) is 11.6 Å². The number of hydrogen-bond donors (Lipinski definition) is 1. The van der Waals surface area contributed by atoms with Crippen LogP contribution in [0, 0.1) is 6.92 Å². The Morgan fingerprint density at radius 2 is 1.74 bits per heavy atom. The molecule has 2 nitrogen and oxygen atoms in total. The first-order chi connectivity index (χ1) is 10.8. The molecule has 1 amide bonds. The molecule has 0 heterocycles. The molecule has 0 spiro atoms. The number of carbonyl (C=O) groups is 1. The lowest BCUT2D eigenvalue weighted by atomic mass is 9.87. The Kier molecular flexibility index (Phi) is 5.27. The highest BCUT2D eigenvalue weighted by Crippen LogP contribution is 2.22. The molecule has 3 heteroatoms. The first kappa shape index (κ1) is 17.3. The van der Waals surface area contributed by atoms with Crippen LogP contribution < -0.4 is 5.32 Å². The molecule has 23 heavy (non-hydrogen) atoms. The second kappa shape index (κ2) is 7.01. The Balaban J connectivity index is 2.03. The third-order valence-corrected chi connectivity index (χ3v) is 3.89. The van der Waals surface area contributed by atoms with Crippen LogP contribution in [0.4, 0.5) is 5.69 Å². The smallest absolute Gasteiger partial charge is 0.248 e. The van der Waals surface area contributed by atoms with Crippen LogP contribution in [0.25, 0.3) is 6.08 Å². The molecule has 0 fully saturated rings. The van der Waals surface area contributed by atoms with Crippen molar-refractivity contribution in [2.24, 2.45) is 0 Å². The van der Waals surface area contributed by atoms with Crippen molar-refractivity contribution in [3.05, 3.63) is 70.3 Å². The first-order valence-electron chi connectivity index (χ1n) is 7.61. The molecule has 0 aromatic heterocycles. The SMILES string of the molecule is Cc1cc(Cl)ccc1NC(=O)C=Cc1ccc(C(C)(C)C)cc1. The van der Waals surface area contributed by atoms with Crippen molar-refractivity contribution in [2.45, 2.75) is 33.1 Å². The molecule has 2 rings (SSSR count). The highest BCUT2D eigenvalue weighted by atomic mass is 35.5. The molecule has 0 aliphatic carbocycles. The van der Waals surface area contributed by atoms with E-state index in [-0.39, 0.29) is 11.3 Å². The number of anilines is 1. The summed E-state index contributed by atoms with van der Waals surface area (Å²) in [5, 5.41) is 3.52. The molecular formula is C20H22ClNO. The van der Waals surface area contributed by atoms with E-state index in [2.05, 4.69) is 38.2 Å². The van der Waals surface area contributed by atoms with E-state index in [0.29, 0.717) is 5.02 Å². The third kappa shape index (κ3) is 4.97. The van der Waals surface area contributed by atoms with Gasteiger partial charge in [0.25, 0.3) is 0 Å². The van der Waals surface area contributed by atoms with Crippen LogP contribution >= 0.6 is 11.6 Å². The summed E-state index contributed by atoms with van der Waals surface area (Å²) in [5.41, 5.74) is 4.11. The van der Waals surface area contributed by atoms with Crippen LogP contribution in [0.15, 0.2) is 48.5 Å². The maximum absolute atomic E-state index is 12.0. The van der Waals surface area contributed by atoms with Crippen molar-refractivity contribution in [3.8, 4) is 0 Å². The zero-order chi connectivity index (χ0) is 17.0.